The average molecular weight is 290 g/mol. The van der Waals surface area contributed by atoms with Gasteiger partial charge in [0.1, 0.15) is 5.75 Å². The lowest BCUT2D eigenvalue weighted by atomic mass is 9.93. The van der Waals surface area contributed by atoms with E-state index in [0.717, 1.165) is 25.3 Å². The van der Waals surface area contributed by atoms with Crippen LogP contribution >= 0.6 is 0 Å². The number of likely N-dealkylation sites (tertiary alicyclic amines) is 1. The molecule has 0 amide bonds. The third-order valence-corrected chi connectivity index (χ3v) is 4.36. The molecule has 0 spiro atoms. The zero-order valence-corrected chi connectivity index (χ0v) is 13.9. The minimum Gasteiger partial charge on any atom is -0.494 e. The highest BCUT2D eigenvalue weighted by Gasteiger charge is 2.36. The van der Waals surface area contributed by atoms with Crippen molar-refractivity contribution in [2.45, 2.75) is 45.7 Å². The van der Waals surface area contributed by atoms with Crippen LogP contribution in [0.2, 0.25) is 0 Å². The Morgan fingerprint density at radius 2 is 2.19 bits per heavy atom. The Balaban J connectivity index is 2.22. The van der Waals surface area contributed by atoms with Gasteiger partial charge in [0.2, 0.25) is 0 Å². The standard InChI is InChI=1S/C18H30N2O/c1-5-11-21-17-8-6-7-15(12-17)18-16(13-19-4)9-10-20(18)14(2)3/h6-8,12,14,16,18-19H,5,9-11,13H2,1-4H3. The van der Waals surface area contributed by atoms with Crippen molar-refractivity contribution in [3.05, 3.63) is 29.8 Å². The Morgan fingerprint density at radius 3 is 2.86 bits per heavy atom. The van der Waals surface area contributed by atoms with Gasteiger partial charge in [-0.1, -0.05) is 19.1 Å². The van der Waals surface area contributed by atoms with Crippen LogP contribution in [0.15, 0.2) is 24.3 Å². The average Bonchev–Trinajstić information content (AvgIpc) is 2.90. The summed E-state index contributed by atoms with van der Waals surface area (Å²) in [6, 6.07) is 9.78. The molecule has 2 unspecified atom stereocenters. The predicted octanol–water partition coefficient (Wildman–Crippen LogP) is 3.47. The van der Waals surface area contributed by atoms with Gasteiger partial charge < -0.3 is 10.1 Å². The SMILES string of the molecule is CCCOc1cccc(C2C(CNC)CCN2C(C)C)c1. The van der Waals surface area contributed by atoms with Crippen LogP contribution in [-0.4, -0.2) is 37.7 Å². The zero-order valence-electron chi connectivity index (χ0n) is 13.9. The second-order valence-electron chi connectivity index (χ2n) is 6.30. The molecule has 3 nitrogen and oxygen atoms in total. The molecular weight excluding hydrogens is 260 g/mol. The van der Waals surface area contributed by atoms with Crippen molar-refractivity contribution in [3.8, 4) is 5.75 Å². The van der Waals surface area contributed by atoms with Gasteiger partial charge in [0.25, 0.3) is 0 Å². The number of hydrogen-bond acceptors (Lipinski definition) is 3. The first-order chi connectivity index (χ1) is 10.2. The van der Waals surface area contributed by atoms with Crippen LogP contribution in [0.5, 0.6) is 5.75 Å². The van der Waals surface area contributed by atoms with Gasteiger partial charge in [-0.25, -0.2) is 0 Å². The van der Waals surface area contributed by atoms with Gasteiger partial charge in [-0.2, -0.15) is 0 Å². The topological polar surface area (TPSA) is 24.5 Å². The molecule has 0 aliphatic carbocycles. The fourth-order valence-electron chi connectivity index (χ4n) is 3.41. The Bertz CT molecular complexity index is 433. The number of nitrogens with one attached hydrogen (secondary N) is 1. The molecule has 1 fully saturated rings. The number of nitrogens with zero attached hydrogens (tertiary/aromatic N) is 1. The summed E-state index contributed by atoms with van der Waals surface area (Å²) in [7, 11) is 2.05. The van der Waals surface area contributed by atoms with Crippen LogP contribution < -0.4 is 10.1 Å². The summed E-state index contributed by atoms with van der Waals surface area (Å²) < 4.78 is 5.81. The van der Waals surface area contributed by atoms with Gasteiger partial charge >= 0.3 is 0 Å². The number of benzene rings is 1. The molecule has 0 aromatic heterocycles. The van der Waals surface area contributed by atoms with E-state index in [2.05, 4.69) is 62.3 Å². The van der Waals surface area contributed by atoms with Crippen LogP contribution in [0.25, 0.3) is 0 Å². The summed E-state index contributed by atoms with van der Waals surface area (Å²) in [5.74, 6) is 1.69. The van der Waals surface area contributed by atoms with Crippen molar-refractivity contribution in [2.24, 2.45) is 5.92 Å². The molecule has 1 heterocycles. The third kappa shape index (κ3) is 3.98. The number of rotatable bonds is 7. The minimum absolute atomic E-state index is 0.502. The maximum atomic E-state index is 5.81. The first-order valence-corrected chi connectivity index (χ1v) is 8.30. The maximum Gasteiger partial charge on any atom is 0.119 e. The van der Waals surface area contributed by atoms with E-state index in [-0.39, 0.29) is 0 Å². The second kappa shape index (κ2) is 7.81. The van der Waals surface area contributed by atoms with Gasteiger partial charge in [-0.15, -0.1) is 0 Å². The van der Waals surface area contributed by atoms with E-state index in [4.69, 9.17) is 4.74 Å². The first-order valence-electron chi connectivity index (χ1n) is 8.30. The second-order valence-corrected chi connectivity index (χ2v) is 6.30. The van der Waals surface area contributed by atoms with Crippen LogP contribution in [-0.2, 0) is 0 Å². The van der Waals surface area contributed by atoms with E-state index in [0.29, 0.717) is 18.0 Å². The number of hydrogen-bond donors (Lipinski definition) is 1. The quantitative estimate of drug-likeness (QED) is 0.832. The largest absolute Gasteiger partial charge is 0.494 e. The zero-order chi connectivity index (χ0) is 15.2. The normalized spacial score (nSPS) is 22.9. The van der Waals surface area contributed by atoms with Crippen molar-refractivity contribution in [1.82, 2.24) is 10.2 Å². The van der Waals surface area contributed by atoms with E-state index < -0.39 is 0 Å². The van der Waals surface area contributed by atoms with E-state index in [1.807, 2.05) is 0 Å². The predicted molar refractivity (Wildman–Crippen MR) is 88.8 cm³/mol. The lowest BCUT2D eigenvalue weighted by Crippen LogP contribution is -2.33. The van der Waals surface area contributed by atoms with Crippen LogP contribution in [0, 0.1) is 5.92 Å². The molecule has 3 heteroatoms. The summed E-state index contributed by atoms with van der Waals surface area (Å²) in [5.41, 5.74) is 1.40. The Morgan fingerprint density at radius 1 is 1.38 bits per heavy atom. The molecule has 0 radical (unpaired) electrons. The van der Waals surface area contributed by atoms with E-state index in [1.165, 1.54) is 18.5 Å². The molecule has 1 aliphatic heterocycles. The van der Waals surface area contributed by atoms with Crippen molar-refractivity contribution in [3.63, 3.8) is 0 Å². The molecule has 21 heavy (non-hydrogen) atoms. The third-order valence-electron chi connectivity index (χ3n) is 4.36. The molecule has 1 aliphatic rings. The lowest BCUT2D eigenvalue weighted by molar-refractivity contribution is 0.182. The molecule has 1 N–H and O–H groups in total. The smallest absolute Gasteiger partial charge is 0.119 e. The summed E-state index contributed by atoms with van der Waals surface area (Å²) in [6.45, 7) is 9.80. The summed E-state index contributed by atoms with van der Waals surface area (Å²) in [6.07, 6.45) is 2.32. The Kier molecular flexibility index (Phi) is 6.07. The minimum atomic E-state index is 0.502. The van der Waals surface area contributed by atoms with Gasteiger partial charge in [-0.05, 0) is 70.4 Å². The van der Waals surface area contributed by atoms with Crippen LogP contribution in [0.3, 0.4) is 0 Å². The van der Waals surface area contributed by atoms with Crippen LogP contribution in [0.4, 0.5) is 0 Å². The highest BCUT2D eigenvalue weighted by Crippen LogP contribution is 2.39. The van der Waals surface area contributed by atoms with Crippen molar-refractivity contribution in [1.29, 1.82) is 0 Å². The van der Waals surface area contributed by atoms with Gasteiger partial charge in [-0.3, -0.25) is 4.90 Å². The van der Waals surface area contributed by atoms with Crippen molar-refractivity contribution >= 4 is 0 Å². The molecule has 0 bridgehead atoms. The summed E-state index contributed by atoms with van der Waals surface area (Å²) in [4.78, 5) is 2.63. The monoisotopic (exact) mass is 290 g/mol. The maximum absolute atomic E-state index is 5.81. The van der Waals surface area contributed by atoms with E-state index >= 15 is 0 Å². The Labute approximate surface area is 129 Å². The lowest BCUT2D eigenvalue weighted by Gasteiger charge is -2.32. The van der Waals surface area contributed by atoms with Gasteiger partial charge in [0.15, 0.2) is 0 Å². The highest BCUT2D eigenvalue weighted by molar-refractivity contribution is 5.32. The Hall–Kier alpha value is -1.06. The molecule has 0 saturated carbocycles. The van der Waals surface area contributed by atoms with E-state index in [1.54, 1.807) is 0 Å². The molecule has 2 atom stereocenters. The number of ether oxygens (including phenoxy) is 1. The van der Waals surface area contributed by atoms with E-state index in [9.17, 15) is 0 Å². The fourth-order valence-corrected chi connectivity index (χ4v) is 3.41. The fraction of sp³-hybridized carbons (Fsp3) is 0.667. The van der Waals surface area contributed by atoms with Crippen molar-refractivity contribution in [2.75, 3.05) is 26.7 Å². The molecular formula is C18H30N2O. The molecule has 1 saturated heterocycles. The summed E-state index contributed by atoms with van der Waals surface area (Å²) >= 11 is 0. The van der Waals surface area contributed by atoms with Gasteiger partial charge in [0.05, 0.1) is 6.61 Å². The molecule has 1 aromatic carbocycles. The van der Waals surface area contributed by atoms with Gasteiger partial charge in [0, 0.05) is 12.1 Å². The first kappa shape index (κ1) is 16.3. The van der Waals surface area contributed by atoms with Crippen LogP contribution in [0.1, 0.15) is 45.2 Å². The molecule has 118 valence electrons. The molecule has 2 rings (SSSR count). The van der Waals surface area contributed by atoms with Crippen molar-refractivity contribution < 1.29 is 4.74 Å². The summed E-state index contributed by atoms with van der Waals surface area (Å²) in [5, 5.41) is 3.36. The molecule has 1 aromatic rings. The highest BCUT2D eigenvalue weighted by atomic mass is 16.5.